The fourth-order valence-corrected chi connectivity index (χ4v) is 6.01. The molecule has 0 radical (unpaired) electrons. The monoisotopic (exact) mass is 600 g/mol. The zero-order valence-corrected chi connectivity index (χ0v) is 25.8. The van der Waals surface area contributed by atoms with Gasteiger partial charge in [-0.15, -0.1) is 0 Å². The fraction of sp³-hybridized carbons (Fsp3) is 0.400. The topological polar surface area (TPSA) is 106 Å². The molecule has 1 fully saturated rings. The first-order valence-electron chi connectivity index (χ1n) is 15.0. The van der Waals surface area contributed by atoms with Gasteiger partial charge in [0.05, 0.1) is 13.0 Å². The molecule has 5 rings (SSSR count). The van der Waals surface area contributed by atoms with Crippen LogP contribution in [-0.4, -0.2) is 73.0 Å². The summed E-state index contributed by atoms with van der Waals surface area (Å²) in [6.07, 6.45) is -0.467. The molecule has 0 unspecified atom stereocenters. The molecular formula is C35H40N2O7. The summed E-state index contributed by atoms with van der Waals surface area (Å²) >= 11 is 0. The summed E-state index contributed by atoms with van der Waals surface area (Å²) in [4.78, 5) is 40.7. The molecule has 0 saturated carbocycles. The molecule has 0 bridgehead atoms. The van der Waals surface area contributed by atoms with Gasteiger partial charge in [0.2, 0.25) is 0 Å². The second-order valence-corrected chi connectivity index (χ2v) is 12.3. The van der Waals surface area contributed by atoms with E-state index in [1.54, 1.807) is 25.7 Å². The summed E-state index contributed by atoms with van der Waals surface area (Å²) in [6, 6.07) is 20.2. The quantitative estimate of drug-likeness (QED) is 0.319. The van der Waals surface area contributed by atoms with Crippen molar-refractivity contribution in [3.63, 3.8) is 0 Å². The van der Waals surface area contributed by atoms with Crippen LogP contribution in [0.2, 0.25) is 0 Å². The highest BCUT2D eigenvalue weighted by Gasteiger charge is 2.31. The van der Waals surface area contributed by atoms with Crippen LogP contribution in [0.4, 0.5) is 10.5 Å². The number of rotatable bonds is 9. The summed E-state index contributed by atoms with van der Waals surface area (Å²) in [5.41, 5.74) is 7.41. The maximum Gasteiger partial charge on any atom is 0.409 e. The number of ether oxygens (including phenoxy) is 3. The zero-order chi connectivity index (χ0) is 31.4. The average Bonchev–Trinajstić information content (AvgIpc) is 3.30. The first kappa shape index (κ1) is 31.1. The van der Waals surface area contributed by atoms with Crippen LogP contribution in [0, 0.1) is 6.92 Å². The third-order valence-corrected chi connectivity index (χ3v) is 8.02. The molecule has 0 aromatic heterocycles. The van der Waals surface area contributed by atoms with Gasteiger partial charge in [0.1, 0.15) is 18.8 Å². The van der Waals surface area contributed by atoms with E-state index in [1.165, 1.54) is 22.3 Å². The highest BCUT2D eigenvalue weighted by molar-refractivity contribution is 5.79. The van der Waals surface area contributed by atoms with Crippen molar-refractivity contribution >= 4 is 23.7 Å². The van der Waals surface area contributed by atoms with Gasteiger partial charge in [0, 0.05) is 37.8 Å². The number of carboxylic acids is 1. The number of hydrogen-bond acceptors (Lipinski definition) is 7. The standard InChI is InChI=1S/C35H40N2O7/c1-23-25(20-42-22-33(40)44-35(2,3)4)17-24(19-32(38)39)18-31(23)36-13-15-37(16-14-36)34(41)43-21-30-28-11-7-5-9-26(28)27-10-6-8-12-29(27)30/h5-12,17-18,30H,13-16,19-22H2,1-4H3,(H,38,39). The van der Waals surface area contributed by atoms with E-state index in [0.29, 0.717) is 31.7 Å². The van der Waals surface area contributed by atoms with Gasteiger partial charge in [-0.3, -0.25) is 4.79 Å². The minimum Gasteiger partial charge on any atom is -0.481 e. The molecule has 1 N–H and O–H groups in total. The predicted octanol–water partition coefficient (Wildman–Crippen LogP) is 5.55. The van der Waals surface area contributed by atoms with Crippen LogP contribution in [0.1, 0.15) is 54.5 Å². The van der Waals surface area contributed by atoms with Crippen molar-refractivity contribution in [2.45, 2.75) is 52.2 Å². The Morgan fingerprint density at radius 2 is 1.52 bits per heavy atom. The molecule has 1 amide bonds. The molecule has 3 aromatic rings. The number of aliphatic carboxylic acids is 1. The molecule has 9 nitrogen and oxygen atoms in total. The smallest absolute Gasteiger partial charge is 0.409 e. The molecule has 2 aliphatic rings. The Bertz CT molecular complexity index is 1490. The van der Waals surface area contributed by atoms with Gasteiger partial charge < -0.3 is 29.1 Å². The Morgan fingerprint density at radius 1 is 0.909 bits per heavy atom. The van der Waals surface area contributed by atoms with Gasteiger partial charge in [0.25, 0.3) is 0 Å². The van der Waals surface area contributed by atoms with E-state index in [-0.39, 0.29) is 38.3 Å². The number of amides is 1. The number of piperazine rings is 1. The van der Waals surface area contributed by atoms with Crippen molar-refractivity contribution in [1.82, 2.24) is 4.90 Å². The van der Waals surface area contributed by atoms with Gasteiger partial charge in [-0.05, 0) is 72.7 Å². The van der Waals surface area contributed by atoms with E-state index in [1.807, 2.05) is 43.3 Å². The van der Waals surface area contributed by atoms with Crippen LogP contribution < -0.4 is 4.90 Å². The van der Waals surface area contributed by atoms with Crippen LogP contribution in [0.3, 0.4) is 0 Å². The number of nitrogens with zero attached hydrogens (tertiary/aromatic N) is 2. The lowest BCUT2D eigenvalue weighted by molar-refractivity contribution is -0.160. The Balaban J connectivity index is 1.21. The van der Waals surface area contributed by atoms with Crippen LogP contribution in [0.15, 0.2) is 60.7 Å². The van der Waals surface area contributed by atoms with Gasteiger partial charge in [-0.2, -0.15) is 0 Å². The van der Waals surface area contributed by atoms with E-state index in [4.69, 9.17) is 14.2 Å². The molecule has 0 atom stereocenters. The summed E-state index contributed by atoms with van der Waals surface area (Å²) < 4.78 is 16.8. The lowest BCUT2D eigenvalue weighted by atomic mass is 9.98. The molecule has 3 aromatic carbocycles. The van der Waals surface area contributed by atoms with E-state index < -0.39 is 17.5 Å². The zero-order valence-electron chi connectivity index (χ0n) is 25.8. The Kier molecular flexibility index (Phi) is 9.25. The second kappa shape index (κ2) is 13.1. The van der Waals surface area contributed by atoms with E-state index in [9.17, 15) is 19.5 Å². The van der Waals surface area contributed by atoms with Crippen LogP contribution in [0.5, 0.6) is 0 Å². The molecule has 0 spiro atoms. The maximum atomic E-state index is 13.1. The van der Waals surface area contributed by atoms with Crippen LogP contribution >= 0.6 is 0 Å². The lowest BCUT2D eigenvalue weighted by Crippen LogP contribution is -2.49. The molecule has 1 aliphatic heterocycles. The number of carbonyl (C=O) groups is 3. The third-order valence-electron chi connectivity index (χ3n) is 8.02. The number of anilines is 1. The molecule has 9 heteroatoms. The Hall–Kier alpha value is -4.37. The number of carboxylic acid groups (broad SMARTS) is 1. The van der Waals surface area contributed by atoms with Gasteiger partial charge in [-0.25, -0.2) is 9.59 Å². The fourth-order valence-electron chi connectivity index (χ4n) is 6.01. The van der Waals surface area contributed by atoms with Gasteiger partial charge in [-0.1, -0.05) is 54.6 Å². The molecular weight excluding hydrogens is 560 g/mol. The highest BCUT2D eigenvalue weighted by atomic mass is 16.6. The van der Waals surface area contributed by atoms with E-state index >= 15 is 0 Å². The lowest BCUT2D eigenvalue weighted by Gasteiger charge is -2.37. The highest BCUT2D eigenvalue weighted by Crippen LogP contribution is 2.44. The maximum absolute atomic E-state index is 13.1. The first-order chi connectivity index (χ1) is 21.0. The number of carbonyl (C=O) groups excluding carboxylic acids is 2. The van der Waals surface area contributed by atoms with Crippen molar-refractivity contribution in [2.75, 3.05) is 44.3 Å². The summed E-state index contributed by atoms with van der Waals surface area (Å²) in [5, 5.41) is 9.45. The third kappa shape index (κ3) is 7.22. The normalized spacial score (nSPS) is 14.6. The molecule has 1 heterocycles. The number of hydrogen-bond donors (Lipinski definition) is 1. The summed E-state index contributed by atoms with van der Waals surface area (Å²) in [7, 11) is 0. The summed E-state index contributed by atoms with van der Waals surface area (Å²) in [5.74, 6) is -1.38. The van der Waals surface area contributed by atoms with Crippen molar-refractivity contribution in [3.8, 4) is 11.1 Å². The van der Waals surface area contributed by atoms with Crippen LogP contribution in [0.25, 0.3) is 11.1 Å². The predicted molar refractivity (Wildman–Crippen MR) is 167 cm³/mol. The molecule has 1 aliphatic carbocycles. The summed E-state index contributed by atoms with van der Waals surface area (Å²) in [6.45, 7) is 9.66. The number of benzene rings is 3. The van der Waals surface area contributed by atoms with Crippen molar-refractivity contribution in [3.05, 3.63) is 88.5 Å². The molecule has 44 heavy (non-hydrogen) atoms. The number of esters is 1. The molecule has 1 saturated heterocycles. The number of fused-ring (bicyclic) bond motifs is 3. The second-order valence-electron chi connectivity index (χ2n) is 12.3. The van der Waals surface area contributed by atoms with Gasteiger partial charge >= 0.3 is 18.0 Å². The van der Waals surface area contributed by atoms with E-state index in [2.05, 4.69) is 29.2 Å². The van der Waals surface area contributed by atoms with Crippen molar-refractivity contribution in [1.29, 1.82) is 0 Å². The SMILES string of the molecule is Cc1c(COCC(=O)OC(C)(C)C)cc(CC(=O)O)cc1N1CCN(C(=O)OCC2c3ccccc3-c3ccccc32)CC1. The molecule has 232 valence electrons. The minimum atomic E-state index is -0.930. The van der Waals surface area contributed by atoms with Crippen molar-refractivity contribution < 1.29 is 33.7 Å². The largest absolute Gasteiger partial charge is 0.481 e. The Morgan fingerprint density at radius 3 is 2.11 bits per heavy atom. The van der Waals surface area contributed by atoms with Gasteiger partial charge in [0.15, 0.2) is 0 Å². The minimum absolute atomic E-state index is 0.00298. The first-order valence-corrected chi connectivity index (χ1v) is 15.0. The Labute approximate surface area is 258 Å². The van der Waals surface area contributed by atoms with Crippen molar-refractivity contribution in [2.24, 2.45) is 0 Å². The average molecular weight is 601 g/mol. The van der Waals surface area contributed by atoms with Crippen LogP contribution in [-0.2, 0) is 36.8 Å². The van der Waals surface area contributed by atoms with E-state index in [0.717, 1.165) is 16.8 Å².